The molecule has 10 heavy (non-hydrogen) atoms. The smallest absolute Gasteiger partial charge is 0.00130 e. The van der Waals surface area contributed by atoms with Gasteiger partial charge in [0.25, 0.3) is 0 Å². The van der Waals surface area contributed by atoms with Crippen molar-refractivity contribution >= 4 is 0 Å². The van der Waals surface area contributed by atoms with Gasteiger partial charge in [-0.2, -0.15) is 0 Å². The molecule has 2 N–H and O–H groups in total. The Bertz CT molecular complexity index is 86.7. The fourth-order valence-electron chi connectivity index (χ4n) is 1.15. The first-order chi connectivity index (χ1) is 4.66. The number of allylic oxidation sites excluding steroid dienone is 1. The van der Waals surface area contributed by atoms with Gasteiger partial charge in [-0.05, 0) is 32.1 Å². The van der Waals surface area contributed by atoms with E-state index in [9.17, 15) is 0 Å². The fraction of sp³-hybridized carbons (Fsp3) is 0.778. The third-order valence-electron chi connectivity index (χ3n) is 1.64. The first-order valence-corrected chi connectivity index (χ1v) is 4.03. The number of nitrogens with two attached hydrogens (primary N) is 1. The van der Waals surface area contributed by atoms with Crippen molar-refractivity contribution in [3.63, 3.8) is 0 Å². The molecule has 1 heteroatoms. The Labute approximate surface area is 64.3 Å². The minimum absolute atomic E-state index is 0.347. The molecule has 0 heterocycles. The third-order valence-corrected chi connectivity index (χ3v) is 1.64. The summed E-state index contributed by atoms with van der Waals surface area (Å²) in [6, 6.07) is 0.347. The fourth-order valence-corrected chi connectivity index (χ4v) is 1.15. The van der Waals surface area contributed by atoms with E-state index in [4.69, 9.17) is 5.73 Å². The molecule has 2 atom stereocenters. The van der Waals surface area contributed by atoms with Crippen LogP contribution in [0.15, 0.2) is 12.7 Å². The van der Waals surface area contributed by atoms with Crippen molar-refractivity contribution in [2.24, 2.45) is 11.7 Å². The molecule has 0 aromatic heterocycles. The standard InChI is InChI=1S/C9H19N/c1-4-5-6-8(2)7-9(3)10/h4,8-9H,1,5-7,10H2,2-3H3. The van der Waals surface area contributed by atoms with E-state index in [1.54, 1.807) is 0 Å². The van der Waals surface area contributed by atoms with Gasteiger partial charge >= 0.3 is 0 Å². The lowest BCUT2D eigenvalue weighted by Crippen LogP contribution is -2.18. The van der Waals surface area contributed by atoms with E-state index in [-0.39, 0.29) is 0 Å². The third kappa shape index (κ3) is 5.83. The van der Waals surface area contributed by atoms with Crippen LogP contribution < -0.4 is 5.73 Å². The Morgan fingerprint density at radius 2 is 2.10 bits per heavy atom. The summed E-state index contributed by atoms with van der Waals surface area (Å²) in [5, 5.41) is 0. The van der Waals surface area contributed by atoms with Gasteiger partial charge in [0, 0.05) is 6.04 Å². The van der Waals surface area contributed by atoms with E-state index >= 15 is 0 Å². The maximum absolute atomic E-state index is 5.64. The average molecular weight is 141 g/mol. The molecular formula is C9H19N. The van der Waals surface area contributed by atoms with E-state index < -0.39 is 0 Å². The normalized spacial score (nSPS) is 16.3. The number of hydrogen-bond acceptors (Lipinski definition) is 1. The van der Waals surface area contributed by atoms with Crippen molar-refractivity contribution in [1.82, 2.24) is 0 Å². The van der Waals surface area contributed by atoms with E-state index in [1.807, 2.05) is 6.08 Å². The Kier molecular flexibility index (Phi) is 5.32. The van der Waals surface area contributed by atoms with Crippen molar-refractivity contribution in [2.75, 3.05) is 0 Å². The van der Waals surface area contributed by atoms with Gasteiger partial charge in [0.1, 0.15) is 0 Å². The molecule has 0 spiro atoms. The predicted molar refractivity (Wildman–Crippen MR) is 46.9 cm³/mol. The molecule has 0 aliphatic rings. The number of rotatable bonds is 5. The Morgan fingerprint density at radius 1 is 1.50 bits per heavy atom. The first-order valence-electron chi connectivity index (χ1n) is 4.03. The molecule has 2 unspecified atom stereocenters. The molecule has 1 nitrogen and oxygen atoms in total. The Hall–Kier alpha value is -0.300. The van der Waals surface area contributed by atoms with Crippen molar-refractivity contribution in [1.29, 1.82) is 0 Å². The molecule has 0 saturated heterocycles. The van der Waals surface area contributed by atoms with Crippen LogP contribution in [0.2, 0.25) is 0 Å². The van der Waals surface area contributed by atoms with Gasteiger partial charge in [-0.15, -0.1) is 6.58 Å². The zero-order chi connectivity index (χ0) is 7.98. The van der Waals surface area contributed by atoms with E-state index in [2.05, 4.69) is 20.4 Å². The topological polar surface area (TPSA) is 26.0 Å². The van der Waals surface area contributed by atoms with Crippen molar-refractivity contribution in [3.05, 3.63) is 12.7 Å². The van der Waals surface area contributed by atoms with E-state index in [0.29, 0.717) is 6.04 Å². The van der Waals surface area contributed by atoms with Crippen LogP contribution >= 0.6 is 0 Å². The highest BCUT2D eigenvalue weighted by molar-refractivity contribution is 4.69. The van der Waals surface area contributed by atoms with Gasteiger partial charge < -0.3 is 5.73 Å². The van der Waals surface area contributed by atoms with Crippen molar-refractivity contribution in [2.45, 2.75) is 39.2 Å². The van der Waals surface area contributed by atoms with Crippen molar-refractivity contribution in [3.8, 4) is 0 Å². The van der Waals surface area contributed by atoms with Gasteiger partial charge in [0.2, 0.25) is 0 Å². The molecular weight excluding hydrogens is 122 g/mol. The highest BCUT2D eigenvalue weighted by atomic mass is 14.6. The van der Waals surface area contributed by atoms with Crippen LogP contribution in [-0.2, 0) is 0 Å². The molecule has 0 bridgehead atoms. The second-order valence-electron chi connectivity index (χ2n) is 3.18. The minimum Gasteiger partial charge on any atom is -0.328 e. The largest absolute Gasteiger partial charge is 0.328 e. The van der Waals surface area contributed by atoms with Gasteiger partial charge in [0.15, 0.2) is 0 Å². The molecule has 0 aromatic carbocycles. The predicted octanol–water partition coefficient (Wildman–Crippen LogP) is 2.33. The summed E-state index contributed by atoms with van der Waals surface area (Å²) in [5.74, 6) is 0.748. The SMILES string of the molecule is C=CCCC(C)CC(C)N. The molecule has 0 radical (unpaired) electrons. The molecule has 0 rings (SSSR count). The van der Waals surface area contributed by atoms with Crippen LogP contribution in [0, 0.1) is 5.92 Å². The second-order valence-corrected chi connectivity index (χ2v) is 3.18. The first kappa shape index (κ1) is 9.70. The molecule has 0 fully saturated rings. The Balaban J connectivity index is 3.24. The molecule has 0 amide bonds. The molecule has 60 valence electrons. The van der Waals surface area contributed by atoms with Crippen LogP contribution in [0.4, 0.5) is 0 Å². The van der Waals surface area contributed by atoms with Crippen LogP contribution in [0.5, 0.6) is 0 Å². The summed E-state index contributed by atoms with van der Waals surface area (Å²) in [5.41, 5.74) is 5.64. The van der Waals surface area contributed by atoms with E-state index in [1.165, 1.54) is 6.42 Å². The van der Waals surface area contributed by atoms with Crippen LogP contribution in [0.1, 0.15) is 33.1 Å². The number of hydrogen-bond donors (Lipinski definition) is 1. The summed E-state index contributed by atoms with van der Waals surface area (Å²) in [6.07, 6.45) is 5.45. The summed E-state index contributed by atoms with van der Waals surface area (Å²) < 4.78 is 0. The maximum atomic E-state index is 5.64. The minimum atomic E-state index is 0.347. The zero-order valence-corrected chi connectivity index (χ0v) is 7.14. The molecule has 0 aliphatic carbocycles. The molecule has 0 aliphatic heterocycles. The van der Waals surface area contributed by atoms with Gasteiger partial charge in [-0.25, -0.2) is 0 Å². The van der Waals surface area contributed by atoms with Gasteiger partial charge in [0.05, 0.1) is 0 Å². The maximum Gasteiger partial charge on any atom is 0.00130 e. The summed E-state index contributed by atoms with van der Waals surface area (Å²) >= 11 is 0. The monoisotopic (exact) mass is 141 g/mol. The van der Waals surface area contributed by atoms with Crippen LogP contribution in [0.25, 0.3) is 0 Å². The molecule has 0 aromatic rings. The molecule has 0 saturated carbocycles. The van der Waals surface area contributed by atoms with E-state index in [0.717, 1.165) is 18.8 Å². The lowest BCUT2D eigenvalue weighted by molar-refractivity contribution is 0.455. The quantitative estimate of drug-likeness (QED) is 0.584. The van der Waals surface area contributed by atoms with Crippen LogP contribution in [0.3, 0.4) is 0 Å². The lowest BCUT2D eigenvalue weighted by atomic mass is 9.98. The average Bonchev–Trinajstić information content (AvgIpc) is 1.82. The lowest BCUT2D eigenvalue weighted by Gasteiger charge is -2.11. The van der Waals surface area contributed by atoms with Gasteiger partial charge in [-0.3, -0.25) is 0 Å². The summed E-state index contributed by atoms with van der Waals surface area (Å²) in [4.78, 5) is 0. The highest BCUT2D eigenvalue weighted by Crippen LogP contribution is 2.11. The highest BCUT2D eigenvalue weighted by Gasteiger charge is 2.02. The second kappa shape index (κ2) is 5.48. The Morgan fingerprint density at radius 3 is 2.50 bits per heavy atom. The van der Waals surface area contributed by atoms with Gasteiger partial charge in [-0.1, -0.05) is 13.0 Å². The summed E-state index contributed by atoms with van der Waals surface area (Å²) in [7, 11) is 0. The van der Waals surface area contributed by atoms with Crippen LogP contribution in [-0.4, -0.2) is 6.04 Å². The van der Waals surface area contributed by atoms with Crippen molar-refractivity contribution < 1.29 is 0 Å². The summed E-state index contributed by atoms with van der Waals surface area (Å²) in [6.45, 7) is 7.98. The zero-order valence-electron chi connectivity index (χ0n) is 7.14.